The molecule has 1 fully saturated rings. The minimum absolute atomic E-state index is 0.0484. The molecule has 7 heteroatoms. The molecule has 1 aromatic carbocycles. The summed E-state index contributed by atoms with van der Waals surface area (Å²) >= 11 is 3.45. The van der Waals surface area contributed by atoms with Crippen LogP contribution in [0.5, 0.6) is 0 Å². The molecule has 1 saturated heterocycles. The van der Waals surface area contributed by atoms with E-state index in [4.69, 9.17) is 0 Å². The first-order valence-corrected chi connectivity index (χ1v) is 8.07. The van der Waals surface area contributed by atoms with Gasteiger partial charge in [-0.05, 0) is 32.0 Å². The Morgan fingerprint density at radius 3 is 3.00 bits per heavy atom. The van der Waals surface area contributed by atoms with Crippen molar-refractivity contribution in [2.45, 2.75) is 19.9 Å². The van der Waals surface area contributed by atoms with E-state index in [-0.39, 0.29) is 11.9 Å². The molecule has 1 aliphatic heterocycles. The largest absolute Gasteiger partial charge is 0.332 e. The topological polar surface area (TPSA) is 63.1 Å². The van der Waals surface area contributed by atoms with Gasteiger partial charge in [0.25, 0.3) is 5.91 Å². The maximum atomic E-state index is 12.7. The van der Waals surface area contributed by atoms with E-state index in [1.165, 1.54) is 0 Å². The van der Waals surface area contributed by atoms with Crippen LogP contribution in [0.15, 0.2) is 28.7 Å². The third-order valence-electron chi connectivity index (χ3n) is 3.91. The molecule has 0 spiro atoms. The lowest BCUT2D eigenvalue weighted by Crippen LogP contribution is -2.52. The van der Waals surface area contributed by atoms with Crippen LogP contribution < -0.4 is 5.32 Å². The molecule has 116 valence electrons. The zero-order valence-corrected chi connectivity index (χ0v) is 14.2. The van der Waals surface area contributed by atoms with E-state index < -0.39 is 0 Å². The molecule has 3 rings (SSSR count). The Balaban J connectivity index is 1.91. The maximum absolute atomic E-state index is 12.7. The number of aromatic nitrogens is 3. The van der Waals surface area contributed by atoms with E-state index in [1.54, 1.807) is 4.68 Å². The molecule has 0 saturated carbocycles. The van der Waals surface area contributed by atoms with Crippen molar-refractivity contribution in [1.29, 1.82) is 0 Å². The van der Waals surface area contributed by atoms with Crippen molar-refractivity contribution in [2.75, 3.05) is 19.6 Å². The summed E-state index contributed by atoms with van der Waals surface area (Å²) in [4.78, 5) is 14.6. The number of amides is 1. The highest BCUT2D eigenvalue weighted by Crippen LogP contribution is 2.18. The molecular weight excluding hydrogens is 346 g/mol. The fraction of sp³-hybridized carbons (Fsp3) is 0.400. The van der Waals surface area contributed by atoms with E-state index in [2.05, 4.69) is 31.6 Å². The number of carbonyl (C=O) groups excluding carboxylic acids is 1. The van der Waals surface area contributed by atoms with Crippen molar-refractivity contribution in [2.24, 2.45) is 0 Å². The first-order valence-electron chi connectivity index (χ1n) is 7.28. The number of halogens is 1. The Morgan fingerprint density at radius 1 is 1.45 bits per heavy atom. The summed E-state index contributed by atoms with van der Waals surface area (Å²) in [7, 11) is 0. The molecular formula is C15H18BrN5O. The van der Waals surface area contributed by atoms with Gasteiger partial charge in [-0.1, -0.05) is 27.2 Å². The van der Waals surface area contributed by atoms with Crippen LogP contribution in [0.2, 0.25) is 0 Å². The van der Waals surface area contributed by atoms with Gasteiger partial charge >= 0.3 is 0 Å². The molecule has 6 nitrogen and oxygen atoms in total. The highest BCUT2D eigenvalue weighted by Gasteiger charge is 2.28. The number of carbonyl (C=O) groups is 1. The number of nitrogens with one attached hydrogen (secondary N) is 1. The Morgan fingerprint density at radius 2 is 2.27 bits per heavy atom. The second-order valence-corrected chi connectivity index (χ2v) is 6.38. The summed E-state index contributed by atoms with van der Waals surface area (Å²) in [5.74, 6) is -0.0484. The average Bonchev–Trinajstić information content (AvgIpc) is 2.89. The van der Waals surface area contributed by atoms with E-state index in [9.17, 15) is 4.79 Å². The van der Waals surface area contributed by atoms with Gasteiger partial charge in [-0.2, -0.15) is 0 Å². The fourth-order valence-corrected chi connectivity index (χ4v) is 3.05. The van der Waals surface area contributed by atoms with Gasteiger partial charge in [-0.15, -0.1) is 5.10 Å². The molecule has 1 unspecified atom stereocenters. The summed E-state index contributed by atoms with van der Waals surface area (Å²) in [6.45, 7) is 6.24. The third kappa shape index (κ3) is 2.78. The number of hydrogen-bond acceptors (Lipinski definition) is 4. The Labute approximate surface area is 137 Å². The molecule has 1 amide bonds. The van der Waals surface area contributed by atoms with Crippen LogP contribution in [0.1, 0.15) is 23.1 Å². The van der Waals surface area contributed by atoms with Crippen LogP contribution in [0.25, 0.3) is 5.69 Å². The number of rotatable bonds is 2. The minimum Gasteiger partial charge on any atom is -0.332 e. The summed E-state index contributed by atoms with van der Waals surface area (Å²) < 4.78 is 2.66. The lowest BCUT2D eigenvalue weighted by Gasteiger charge is -2.33. The third-order valence-corrected chi connectivity index (χ3v) is 4.41. The summed E-state index contributed by atoms with van der Waals surface area (Å²) in [5.41, 5.74) is 2.06. The van der Waals surface area contributed by atoms with Crippen LogP contribution >= 0.6 is 15.9 Å². The van der Waals surface area contributed by atoms with Crippen molar-refractivity contribution < 1.29 is 4.79 Å². The van der Waals surface area contributed by atoms with Crippen LogP contribution in [0.3, 0.4) is 0 Å². The monoisotopic (exact) mass is 363 g/mol. The second kappa shape index (κ2) is 6.18. The summed E-state index contributed by atoms with van der Waals surface area (Å²) in [6, 6.07) is 7.93. The average molecular weight is 364 g/mol. The smallest absolute Gasteiger partial charge is 0.276 e. The first-order chi connectivity index (χ1) is 10.6. The van der Waals surface area contributed by atoms with Crippen molar-refractivity contribution in [3.8, 4) is 5.69 Å². The van der Waals surface area contributed by atoms with Gasteiger partial charge in [-0.3, -0.25) is 4.79 Å². The quantitative estimate of drug-likeness (QED) is 0.882. The molecule has 1 atom stereocenters. The van der Waals surface area contributed by atoms with Gasteiger partial charge in [0.1, 0.15) is 0 Å². The standard InChI is InChI=1S/C15H18BrN5O/c1-10-9-17-6-7-20(10)15(22)14-11(2)21(19-18-14)13-5-3-4-12(16)8-13/h3-5,8,10,17H,6-7,9H2,1-2H3. The molecule has 0 radical (unpaired) electrons. The number of hydrogen-bond donors (Lipinski definition) is 1. The lowest BCUT2D eigenvalue weighted by molar-refractivity contribution is 0.0649. The van der Waals surface area contributed by atoms with Crippen molar-refractivity contribution in [3.63, 3.8) is 0 Å². The molecule has 0 aliphatic carbocycles. The van der Waals surface area contributed by atoms with Crippen LogP contribution in [-0.2, 0) is 0 Å². The van der Waals surface area contributed by atoms with Gasteiger partial charge < -0.3 is 10.2 Å². The zero-order chi connectivity index (χ0) is 15.7. The Bertz CT molecular complexity index is 699. The van der Waals surface area contributed by atoms with Gasteiger partial charge in [0, 0.05) is 30.1 Å². The summed E-state index contributed by atoms with van der Waals surface area (Å²) in [5, 5.41) is 11.6. The molecule has 2 heterocycles. The second-order valence-electron chi connectivity index (χ2n) is 5.47. The molecule has 0 bridgehead atoms. The number of benzene rings is 1. The van der Waals surface area contributed by atoms with Gasteiger partial charge in [-0.25, -0.2) is 4.68 Å². The zero-order valence-electron chi connectivity index (χ0n) is 12.6. The van der Waals surface area contributed by atoms with Gasteiger partial charge in [0.05, 0.1) is 11.4 Å². The highest BCUT2D eigenvalue weighted by atomic mass is 79.9. The molecule has 1 N–H and O–H groups in total. The molecule has 1 aliphatic rings. The maximum Gasteiger partial charge on any atom is 0.276 e. The molecule has 22 heavy (non-hydrogen) atoms. The SMILES string of the molecule is Cc1c(C(=O)N2CCNCC2C)nnn1-c1cccc(Br)c1. The summed E-state index contributed by atoms with van der Waals surface area (Å²) in [6.07, 6.45) is 0. The number of nitrogens with zero attached hydrogens (tertiary/aromatic N) is 4. The van der Waals surface area contributed by atoms with Gasteiger partial charge in [0.2, 0.25) is 0 Å². The minimum atomic E-state index is -0.0484. The van der Waals surface area contributed by atoms with E-state index in [0.29, 0.717) is 12.2 Å². The first kappa shape index (κ1) is 15.2. The highest BCUT2D eigenvalue weighted by molar-refractivity contribution is 9.10. The van der Waals surface area contributed by atoms with Gasteiger partial charge in [0.15, 0.2) is 5.69 Å². The Hall–Kier alpha value is -1.73. The predicted octanol–water partition coefficient (Wildman–Crippen LogP) is 1.77. The van der Waals surface area contributed by atoms with E-state index in [0.717, 1.165) is 28.9 Å². The normalized spacial score (nSPS) is 18.5. The lowest BCUT2D eigenvalue weighted by atomic mass is 10.2. The van der Waals surface area contributed by atoms with Crippen LogP contribution in [-0.4, -0.2) is 51.5 Å². The van der Waals surface area contributed by atoms with Crippen LogP contribution in [0, 0.1) is 6.92 Å². The number of piperazine rings is 1. The Kier molecular flexibility index (Phi) is 4.26. The molecule has 2 aromatic rings. The van der Waals surface area contributed by atoms with E-state index in [1.807, 2.05) is 43.0 Å². The van der Waals surface area contributed by atoms with E-state index >= 15 is 0 Å². The molecule has 1 aromatic heterocycles. The van der Waals surface area contributed by atoms with Crippen molar-refractivity contribution >= 4 is 21.8 Å². The van der Waals surface area contributed by atoms with Crippen molar-refractivity contribution in [3.05, 3.63) is 40.1 Å². The van der Waals surface area contributed by atoms with Crippen LogP contribution in [0.4, 0.5) is 0 Å². The predicted molar refractivity (Wildman–Crippen MR) is 87.2 cm³/mol. The fourth-order valence-electron chi connectivity index (χ4n) is 2.66. The van der Waals surface area contributed by atoms with Crippen molar-refractivity contribution in [1.82, 2.24) is 25.2 Å².